The molecule has 148 valence electrons. The number of hydrogen-bond acceptors (Lipinski definition) is 7. The minimum Gasteiger partial charge on any atom is -0.460 e. The van der Waals surface area contributed by atoms with Gasteiger partial charge in [-0.15, -0.1) is 0 Å². The molecule has 0 N–H and O–H groups in total. The van der Waals surface area contributed by atoms with Gasteiger partial charge in [0.15, 0.2) is 6.29 Å². The molecule has 25 heavy (non-hydrogen) atoms. The van der Waals surface area contributed by atoms with Crippen LogP contribution in [0.5, 0.6) is 0 Å². The fraction of sp³-hybridized carbons (Fsp3) is 0.944. The number of rotatable bonds is 13. The zero-order chi connectivity index (χ0) is 18.4. The summed E-state index contributed by atoms with van der Waals surface area (Å²) in [6, 6.07) is 0. The van der Waals surface area contributed by atoms with E-state index in [1.54, 1.807) is 0 Å². The van der Waals surface area contributed by atoms with Gasteiger partial charge in [-0.25, -0.2) is 0 Å². The summed E-state index contributed by atoms with van der Waals surface area (Å²) in [5.41, 5.74) is -0.450. The summed E-state index contributed by atoms with van der Waals surface area (Å²) >= 11 is 0. The molecule has 0 spiro atoms. The first-order valence-electron chi connectivity index (χ1n) is 9.15. The molecule has 1 saturated heterocycles. The Morgan fingerprint density at radius 2 is 1.52 bits per heavy atom. The summed E-state index contributed by atoms with van der Waals surface area (Å²) in [5.74, 6) is -0.248. The Kier molecular flexibility index (Phi) is 12.0. The molecular formula is C18H34O7. The quantitative estimate of drug-likeness (QED) is 0.368. The smallest absolute Gasteiger partial charge is 0.308 e. The van der Waals surface area contributed by atoms with Gasteiger partial charge >= 0.3 is 5.97 Å². The van der Waals surface area contributed by atoms with Gasteiger partial charge in [-0.1, -0.05) is 0 Å². The van der Waals surface area contributed by atoms with E-state index in [4.69, 9.17) is 28.4 Å². The third-order valence-corrected chi connectivity index (χ3v) is 3.28. The molecule has 1 heterocycles. The van der Waals surface area contributed by atoms with Crippen LogP contribution >= 0.6 is 0 Å². The lowest BCUT2D eigenvalue weighted by Crippen LogP contribution is -2.24. The molecule has 1 aliphatic heterocycles. The average molecular weight is 362 g/mol. The summed E-state index contributed by atoms with van der Waals surface area (Å²) in [6.45, 7) is 9.70. The number of hydrogen-bond donors (Lipinski definition) is 0. The Balaban J connectivity index is 1.76. The molecule has 0 amide bonds. The van der Waals surface area contributed by atoms with E-state index in [0.29, 0.717) is 46.2 Å². The predicted molar refractivity (Wildman–Crippen MR) is 92.5 cm³/mol. The van der Waals surface area contributed by atoms with Crippen LogP contribution in [-0.2, 0) is 33.2 Å². The van der Waals surface area contributed by atoms with Crippen LogP contribution < -0.4 is 0 Å². The van der Waals surface area contributed by atoms with E-state index < -0.39 is 5.60 Å². The Morgan fingerprint density at radius 3 is 2.08 bits per heavy atom. The highest BCUT2D eigenvalue weighted by atomic mass is 16.7. The van der Waals surface area contributed by atoms with Crippen molar-refractivity contribution in [2.75, 3.05) is 52.9 Å². The highest BCUT2D eigenvalue weighted by Crippen LogP contribution is 2.13. The van der Waals surface area contributed by atoms with Crippen LogP contribution in [0.1, 0.15) is 46.5 Å². The van der Waals surface area contributed by atoms with Gasteiger partial charge in [0.25, 0.3) is 0 Å². The lowest BCUT2D eigenvalue weighted by Gasteiger charge is -2.22. The van der Waals surface area contributed by atoms with Crippen LogP contribution in [0.15, 0.2) is 0 Å². The van der Waals surface area contributed by atoms with Crippen molar-refractivity contribution in [2.45, 2.75) is 58.3 Å². The van der Waals surface area contributed by atoms with Crippen molar-refractivity contribution in [1.82, 2.24) is 0 Å². The van der Waals surface area contributed by atoms with E-state index in [2.05, 4.69) is 0 Å². The summed E-state index contributed by atoms with van der Waals surface area (Å²) in [7, 11) is 0. The fourth-order valence-corrected chi connectivity index (χ4v) is 2.17. The molecule has 7 nitrogen and oxygen atoms in total. The molecule has 0 saturated carbocycles. The molecule has 0 radical (unpaired) electrons. The zero-order valence-corrected chi connectivity index (χ0v) is 15.9. The van der Waals surface area contributed by atoms with Gasteiger partial charge in [0.05, 0.1) is 52.7 Å². The molecule has 1 fully saturated rings. The van der Waals surface area contributed by atoms with E-state index in [1.165, 1.54) is 6.42 Å². The Morgan fingerprint density at radius 1 is 0.920 bits per heavy atom. The molecule has 0 aliphatic carbocycles. The van der Waals surface area contributed by atoms with Crippen molar-refractivity contribution in [3.63, 3.8) is 0 Å². The molecule has 0 aromatic heterocycles. The number of ether oxygens (including phenoxy) is 6. The van der Waals surface area contributed by atoms with Crippen molar-refractivity contribution < 1.29 is 33.2 Å². The average Bonchev–Trinajstić information content (AvgIpc) is 2.55. The normalized spacial score (nSPS) is 18.3. The van der Waals surface area contributed by atoms with Crippen molar-refractivity contribution in [1.29, 1.82) is 0 Å². The van der Waals surface area contributed by atoms with E-state index >= 15 is 0 Å². The van der Waals surface area contributed by atoms with Gasteiger partial charge in [-0.3, -0.25) is 4.79 Å². The van der Waals surface area contributed by atoms with Gasteiger partial charge in [0.1, 0.15) is 5.60 Å². The van der Waals surface area contributed by atoms with Crippen molar-refractivity contribution in [2.24, 2.45) is 0 Å². The van der Waals surface area contributed by atoms with E-state index in [0.717, 1.165) is 19.4 Å². The van der Waals surface area contributed by atoms with E-state index in [-0.39, 0.29) is 18.7 Å². The van der Waals surface area contributed by atoms with Crippen LogP contribution in [0.4, 0.5) is 0 Å². The molecular weight excluding hydrogens is 328 g/mol. The third-order valence-electron chi connectivity index (χ3n) is 3.28. The molecule has 1 aliphatic rings. The SMILES string of the molecule is CC(C)(C)OC(=O)CCOCCOCCOCCOC1CCCCO1. The van der Waals surface area contributed by atoms with E-state index in [1.807, 2.05) is 20.8 Å². The molecule has 0 aromatic carbocycles. The number of esters is 1. The molecule has 1 rings (SSSR count). The van der Waals surface area contributed by atoms with Crippen molar-refractivity contribution in [3.8, 4) is 0 Å². The van der Waals surface area contributed by atoms with Crippen LogP contribution in [0.2, 0.25) is 0 Å². The second-order valence-electron chi connectivity index (χ2n) is 6.84. The van der Waals surface area contributed by atoms with Crippen LogP contribution in [-0.4, -0.2) is 70.7 Å². The monoisotopic (exact) mass is 362 g/mol. The summed E-state index contributed by atoms with van der Waals surface area (Å²) in [6.07, 6.45) is 3.45. The number of carbonyl (C=O) groups excluding carboxylic acids is 1. The summed E-state index contributed by atoms with van der Waals surface area (Å²) < 4.78 is 32.3. The first-order chi connectivity index (χ1) is 12.0. The Bertz CT molecular complexity index is 335. The molecule has 0 aromatic rings. The first kappa shape index (κ1) is 22.3. The first-order valence-corrected chi connectivity index (χ1v) is 9.15. The molecule has 1 atom stereocenters. The van der Waals surface area contributed by atoms with E-state index in [9.17, 15) is 4.79 Å². The minimum absolute atomic E-state index is 0.0635. The van der Waals surface area contributed by atoms with Gasteiger partial charge in [-0.05, 0) is 40.0 Å². The lowest BCUT2D eigenvalue weighted by molar-refractivity contribution is -0.169. The van der Waals surface area contributed by atoms with Crippen molar-refractivity contribution in [3.05, 3.63) is 0 Å². The van der Waals surface area contributed by atoms with Gasteiger partial charge in [-0.2, -0.15) is 0 Å². The summed E-state index contributed by atoms with van der Waals surface area (Å²) in [4.78, 5) is 11.5. The van der Waals surface area contributed by atoms with Gasteiger partial charge < -0.3 is 28.4 Å². The fourth-order valence-electron chi connectivity index (χ4n) is 2.17. The number of carbonyl (C=O) groups is 1. The zero-order valence-electron chi connectivity index (χ0n) is 15.9. The second kappa shape index (κ2) is 13.5. The van der Waals surface area contributed by atoms with Crippen LogP contribution in [0, 0.1) is 0 Å². The van der Waals surface area contributed by atoms with Gasteiger partial charge in [0.2, 0.25) is 0 Å². The predicted octanol–water partition coefficient (Wildman–Crippen LogP) is 2.31. The molecule has 1 unspecified atom stereocenters. The molecule has 7 heteroatoms. The highest BCUT2D eigenvalue weighted by Gasteiger charge is 2.15. The third kappa shape index (κ3) is 14.2. The second-order valence-corrected chi connectivity index (χ2v) is 6.84. The van der Waals surface area contributed by atoms with Crippen LogP contribution in [0.25, 0.3) is 0 Å². The highest BCUT2D eigenvalue weighted by molar-refractivity contribution is 5.69. The maximum absolute atomic E-state index is 11.5. The summed E-state index contributed by atoms with van der Waals surface area (Å²) in [5, 5.41) is 0. The maximum Gasteiger partial charge on any atom is 0.308 e. The topological polar surface area (TPSA) is 72.5 Å². The standard InChI is InChI=1S/C18H34O7/c1-18(2,3)25-16(19)7-9-20-10-11-21-12-13-22-14-15-24-17-6-4-5-8-23-17/h17H,4-15H2,1-3H3. The maximum atomic E-state index is 11.5. The van der Waals surface area contributed by atoms with Gasteiger partial charge in [0, 0.05) is 6.61 Å². The Labute approximate surface area is 151 Å². The largest absolute Gasteiger partial charge is 0.460 e. The van der Waals surface area contributed by atoms with Crippen LogP contribution in [0.3, 0.4) is 0 Å². The Hall–Kier alpha value is -0.730. The molecule has 0 bridgehead atoms. The van der Waals surface area contributed by atoms with Crippen molar-refractivity contribution >= 4 is 5.97 Å². The minimum atomic E-state index is -0.450. The lowest BCUT2D eigenvalue weighted by atomic mass is 10.2.